The molecule has 1 aromatic carbocycles. The number of likely N-dealkylation sites (tertiary alicyclic amines) is 1. The molecule has 0 unspecified atom stereocenters. The van der Waals surface area contributed by atoms with Crippen molar-refractivity contribution in [1.82, 2.24) is 25.1 Å². The molecule has 7 nitrogen and oxygen atoms in total. The summed E-state index contributed by atoms with van der Waals surface area (Å²) in [5.74, 6) is 1.17. The molecule has 4 rings (SSSR count). The van der Waals surface area contributed by atoms with Crippen LogP contribution >= 0.6 is 0 Å². The van der Waals surface area contributed by atoms with Gasteiger partial charge in [-0.1, -0.05) is 0 Å². The molecule has 8 heteroatoms. The van der Waals surface area contributed by atoms with E-state index in [9.17, 15) is 9.18 Å². The van der Waals surface area contributed by atoms with Crippen molar-refractivity contribution >= 4 is 11.7 Å². The Morgan fingerprint density at radius 3 is 2.74 bits per heavy atom. The Morgan fingerprint density at radius 2 is 1.96 bits per heavy atom. The number of aromatic nitrogens is 4. The normalized spacial score (nSPS) is 16.9. The fourth-order valence-corrected chi connectivity index (χ4v) is 3.21. The third kappa shape index (κ3) is 3.94. The fourth-order valence-electron chi connectivity index (χ4n) is 3.21. The summed E-state index contributed by atoms with van der Waals surface area (Å²) in [5, 5.41) is 10.1. The SMILES string of the molecule is O=C(Nc1ccc(F)cc1)N1CCC[C@@H](c2nc(-c3ccncc3)n[nH]2)C1. The highest BCUT2D eigenvalue weighted by Crippen LogP contribution is 2.26. The molecule has 0 aliphatic carbocycles. The lowest BCUT2D eigenvalue weighted by Gasteiger charge is -2.31. The number of benzene rings is 1. The average molecular weight is 366 g/mol. The van der Waals surface area contributed by atoms with Gasteiger partial charge in [0.2, 0.25) is 0 Å². The van der Waals surface area contributed by atoms with Gasteiger partial charge in [0.05, 0.1) is 0 Å². The molecule has 1 atom stereocenters. The van der Waals surface area contributed by atoms with Crippen LogP contribution in [0.4, 0.5) is 14.9 Å². The number of amides is 2. The van der Waals surface area contributed by atoms with Crippen molar-refractivity contribution in [2.24, 2.45) is 0 Å². The first kappa shape index (κ1) is 17.1. The van der Waals surface area contributed by atoms with Crippen LogP contribution in [0.1, 0.15) is 24.6 Å². The van der Waals surface area contributed by atoms with Gasteiger partial charge >= 0.3 is 6.03 Å². The largest absolute Gasteiger partial charge is 0.324 e. The zero-order chi connectivity index (χ0) is 18.6. The number of carbonyl (C=O) groups is 1. The van der Waals surface area contributed by atoms with E-state index in [0.717, 1.165) is 24.2 Å². The van der Waals surface area contributed by atoms with Gasteiger partial charge in [0.25, 0.3) is 0 Å². The molecule has 0 bridgehead atoms. The number of pyridine rings is 1. The summed E-state index contributed by atoms with van der Waals surface area (Å²) in [5.41, 5.74) is 1.47. The van der Waals surface area contributed by atoms with Crippen LogP contribution < -0.4 is 5.32 Å². The third-order valence-corrected chi connectivity index (χ3v) is 4.63. The first-order valence-electron chi connectivity index (χ1n) is 8.83. The van der Waals surface area contributed by atoms with Crippen LogP contribution in [-0.4, -0.2) is 44.2 Å². The number of halogens is 1. The Balaban J connectivity index is 1.43. The average Bonchev–Trinajstić information content (AvgIpc) is 3.21. The van der Waals surface area contributed by atoms with Crippen molar-refractivity contribution in [3.63, 3.8) is 0 Å². The number of nitrogens with zero attached hydrogens (tertiary/aromatic N) is 4. The highest BCUT2D eigenvalue weighted by atomic mass is 19.1. The van der Waals surface area contributed by atoms with Gasteiger partial charge in [-0.15, -0.1) is 0 Å². The van der Waals surface area contributed by atoms with E-state index >= 15 is 0 Å². The second-order valence-corrected chi connectivity index (χ2v) is 6.50. The quantitative estimate of drug-likeness (QED) is 0.744. The van der Waals surface area contributed by atoms with E-state index in [2.05, 4.69) is 25.5 Å². The molecule has 2 aromatic heterocycles. The van der Waals surface area contributed by atoms with Crippen molar-refractivity contribution < 1.29 is 9.18 Å². The molecule has 0 radical (unpaired) electrons. The number of urea groups is 1. The van der Waals surface area contributed by atoms with Crippen LogP contribution in [-0.2, 0) is 0 Å². The zero-order valence-electron chi connectivity index (χ0n) is 14.6. The number of aromatic amines is 1. The molecular formula is C19H19FN6O. The van der Waals surface area contributed by atoms with Gasteiger partial charge < -0.3 is 10.2 Å². The molecule has 2 N–H and O–H groups in total. The molecule has 0 spiro atoms. The molecule has 3 heterocycles. The third-order valence-electron chi connectivity index (χ3n) is 4.63. The molecule has 138 valence electrons. The second-order valence-electron chi connectivity index (χ2n) is 6.50. The number of rotatable bonds is 3. The van der Waals surface area contributed by atoms with Gasteiger partial charge in [-0.2, -0.15) is 5.10 Å². The second kappa shape index (κ2) is 7.53. The van der Waals surface area contributed by atoms with E-state index in [0.29, 0.717) is 24.6 Å². The maximum atomic E-state index is 13.0. The lowest BCUT2D eigenvalue weighted by Crippen LogP contribution is -2.41. The minimum Gasteiger partial charge on any atom is -0.324 e. The summed E-state index contributed by atoms with van der Waals surface area (Å²) in [6.45, 7) is 1.23. The van der Waals surface area contributed by atoms with Crippen LogP contribution in [0.5, 0.6) is 0 Å². The van der Waals surface area contributed by atoms with Gasteiger partial charge in [0, 0.05) is 42.7 Å². The Bertz CT molecular complexity index is 911. The molecular weight excluding hydrogens is 347 g/mol. The predicted octanol–water partition coefficient (Wildman–Crippen LogP) is 3.42. The highest BCUT2D eigenvalue weighted by Gasteiger charge is 2.27. The number of hydrogen-bond acceptors (Lipinski definition) is 4. The maximum Gasteiger partial charge on any atom is 0.321 e. The van der Waals surface area contributed by atoms with E-state index in [1.165, 1.54) is 12.1 Å². The van der Waals surface area contributed by atoms with E-state index in [-0.39, 0.29) is 17.8 Å². The molecule has 27 heavy (non-hydrogen) atoms. The molecule has 1 aliphatic heterocycles. The van der Waals surface area contributed by atoms with E-state index < -0.39 is 0 Å². The van der Waals surface area contributed by atoms with E-state index in [4.69, 9.17) is 0 Å². The summed E-state index contributed by atoms with van der Waals surface area (Å²) < 4.78 is 13.0. The Labute approximate surface area is 155 Å². The number of hydrogen-bond donors (Lipinski definition) is 2. The minimum absolute atomic E-state index is 0.0980. The van der Waals surface area contributed by atoms with Crippen LogP contribution in [0.2, 0.25) is 0 Å². The van der Waals surface area contributed by atoms with Crippen LogP contribution in [0.3, 0.4) is 0 Å². The van der Waals surface area contributed by atoms with Gasteiger partial charge in [0.1, 0.15) is 11.6 Å². The van der Waals surface area contributed by atoms with Crippen LogP contribution in [0, 0.1) is 5.82 Å². The molecule has 1 aliphatic rings. The lowest BCUT2D eigenvalue weighted by atomic mass is 9.97. The molecule has 3 aromatic rings. The smallest absolute Gasteiger partial charge is 0.321 e. The Morgan fingerprint density at radius 1 is 1.19 bits per heavy atom. The fraction of sp³-hybridized carbons (Fsp3) is 0.263. The highest BCUT2D eigenvalue weighted by molar-refractivity contribution is 5.89. The Hall–Kier alpha value is -3.29. The summed E-state index contributed by atoms with van der Waals surface area (Å²) in [7, 11) is 0. The molecule has 0 saturated carbocycles. The van der Waals surface area contributed by atoms with E-state index in [1.54, 1.807) is 29.4 Å². The van der Waals surface area contributed by atoms with Gasteiger partial charge in [-0.25, -0.2) is 14.2 Å². The van der Waals surface area contributed by atoms with E-state index in [1.807, 2.05) is 12.1 Å². The number of H-pyrrole nitrogens is 1. The van der Waals surface area contributed by atoms with Crippen molar-refractivity contribution in [2.45, 2.75) is 18.8 Å². The lowest BCUT2D eigenvalue weighted by molar-refractivity contribution is 0.191. The van der Waals surface area contributed by atoms with Gasteiger partial charge in [0.15, 0.2) is 5.82 Å². The predicted molar refractivity (Wildman–Crippen MR) is 98.6 cm³/mol. The van der Waals surface area contributed by atoms with Crippen molar-refractivity contribution in [3.8, 4) is 11.4 Å². The molecule has 2 amide bonds. The van der Waals surface area contributed by atoms with Crippen LogP contribution in [0.25, 0.3) is 11.4 Å². The topological polar surface area (TPSA) is 86.8 Å². The summed E-state index contributed by atoms with van der Waals surface area (Å²) in [6.07, 6.45) is 5.22. The Kier molecular flexibility index (Phi) is 4.78. The first-order chi connectivity index (χ1) is 13.2. The number of carbonyl (C=O) groups excluding carboxylic acids is 1. The van der Waals surface area contributed by atoms with Crippen molar-refractivity contribution in [1.29, 1.82) is 0 Å². The number of anilines is 1. The number of nitrogens with one attached hydrogen (secondary N) is 2. The van der Waals surface area contributed by atoms with Crippen molar-refractivity contribution in [3.05, 3.63) is 60.4 Å². The molecule has 1 fully saturated rings. The minimum atomic E-state index is -0.332. The molecule has 1 saturated heterocycles. The summed E-state index contributed by atoms with van der Waals surface area (Å²) in [4.78, 5) is 22.9. The van der Waals surface area contributed by atoms with Gasteiger partial charge in [-0.3, -0.25) is 10.1 Å². The standard InChI is InChI=1S/C19H19FN6O/c20-15-3-5-16(6-4-15)22-19(27)26-11-1-2-14(12-26)18-23-17(24-25-18)13-7-9-21-10-8-13/h3-10,14H,1-2,11-12H2,(H,22,27)(H,23,24,25)/t14-/m1/s1. The monoisotopic (exact) mass is 366 g/mol. The zero-order valence-corrected chi connectivity index (χ0v) is 14.6. The number of piperidine rings is 1. The van der Waals surface area contributed by atoms with Crippen LogP contribution in [0.15, 0.2) is 48.8 Å². The van der Waals surface area contributed by atoms with Gasteiger partial charge in [-0.05, 0) is 49.2 Å². The maximum absolute atomic E-state index is 13.0. The summed E-state index contributed by atoms with van der Waals surface area (Å²) >= 11 is 0. The summed E-state index contributed by atoms with van der Waals surface area (Å²) in [6, 6.07) is 9.26. The van der Waals surface area contributed by atoms with Crippen molar-refractivity contribution in [2.75, 3.05) is 18.4 Å². The first-order valence-corrected chi connectivity index (χ1v) is 8.83.